The zero-order chi connectivity index (χ0) is 19.7. The number of carbonyl (C=O) groups is 1. The number of ketones is 1. The average Bonchev–Trinajstić information content (AvgIpc) is 3.11. The summed E-state index contributed by atoms with van der Waals surface area (Å²) in [6.07, 6.45) is 2.38. The molecule has 0 spiro atoms. The lowest BCUT2D eigenvalue weighted by Crippen LogP contribution is -2.17. The molecule has 0 saturated heterocycles. The number of carbonyl (C=O) groups excluding carboxylic acids is 1. The number of aliphatic imine (C=N–C) groups is 1. The molecular formula is C22H20F3NO2. The first-order valence-electron chi connectivity index (χ1n) is 9.49. The Labute approximate surface area is 161 Å². The third-order valence-corrected chi connectivity index (χ3v) is 5.46. The van der Waals surface area contributed by atoms with E-state index >= 15 is 0 Å². The van der Waals surface area contributed by atoms with E-state index in [2.05, 4.69) is 9.73 Å². The number of benzene rings is 2. The Balaban J connectivity index is 1.52. The van der Waals surface area contributed by atoms with Gasteiger partial charge in [-0.1, -0.05) is 43.5 Å². The van der Waals surface area contributed by atoms with E-state index in [0.717, 1.165) is 42.5 Å². The standard InChI is InChI=1S/C22H20F3NO2/c23-22(24,25)28-17-9-6-14(7-10-17)19-13-26-20-12-16(8-11-18(19)20)21(27)15-4-2-1-3-5-15/h6-13,15,19H,1-5H2. The lowest BCUT2D eigenvalue weighted by atomic mass is 9.83. The highest BCUT2D eigenvalue weighted by molar-refractivity contribution is 5.99. The molecule has 0 radical (unpaired) electrons. The van der Waals surface area contributed by atoms with Crippen LogP contribution < -0.4 is 4.74 Å². The number of rotatable bonds is 4. The molecule has 2 aromatic carbocycles. The van der Waals surface area contributed by atoms with Gasteiger partial charge >= 0.3 is 6.36 Å². The first-order valence-corrected chi connectivity index (χ1v) is 9.49. The van der Waals surface area contributed by atoms with Gasteiger partial charge in [-0.2, -0.15) is 0 Å². The van der Waals surface area contributed by atoms with E-state index in [-0.39, 0.29) is 23.4 Å². The molecule has 1 saturated carbocycles. The minimum Gasteiger partial charge on any atom is -0.406 e. The first-order chi connectivity index (χ1) is 13.4. The molecule has 0 amide bonds. The third-order valence-electron chi connectivity index (χ3n) is 5.46. The van der Waals surface area contributed by atoms with Gasteiger partial charge in [-0.05, 0) is 42.2 Å². The molecule has 6 heteroatoms. The number of nitrogens with zero attached hydrogens (tertiary/aromatic N) is 1. The van der Waals surface area contributed by atoms with Crippen molar-refractivity contribution in [3.05, 3.63) is 59.2 Å². The molecule has 0 bridgehead atoms. The first kappa shape index (κ1) is 18.7. The van der Waals surface area contributed by atoms with E-state index in [0.29, 0.717) is 5.56 Å². The van der Waals surface area contributed by atoms with Crippen LogP contribution in [0.3, 0.4) is 0 Å². The predicted octanol–water partition coefficient (Wildman–Crippen LogP) is 6.20. The molecule has 1 unspecified atom stereocenters. The Kier molecular flexibility index (Phi) is 4.96. The molecule has 0 N–H and O–H groups in total. The summed E-state index contributed by atoms with van der Waals surface area (Å²) in [5.41, 5.74) is 3.22. The van der Waals surface area contributed by atoms with Crippen LogP contribution in [0.5, 0.6) is 5.75 Å². The van der Waals surface area contributed by atoms with Crippen molar-refractivity contribution in [3.8, 4) is 5.75 Å². The molecular weight excluding hydrogens is 367 g/mol. The van der Waals surface area contributed by atoms with Crippen LogP contribution in [0, 0.1) is 5.92 Å². The summed E-state index contributed by atoms with van der Waals surface area (Å²) in [5.74, 6) is -0.0995. The summed E-state index contributed by atoms with van der Waals surface area (Å²) in [4.78, 5) is 17.2. The van der Waals surface area contributed by atoms with Crippen LogP contribution in [-0.2, 0) is 0 Å². The van der Waals surface area contributed by atoms with Crippen LogP contribution in [0.15, 0.2) is 47.5 Å². The van der Waals surface area contributed by atoms with Crippen molar-refractivity contribution in [1.82, 2.24) is 0 Å². The smallest absolute Gasteiger partial charge is 0.406 e. The molecule has 1 atom stereocenters. The monoisotopic (exact) mass is 387 g/mol. The zero-order valence-corrected chi connectivity index (χ0v) is 15.2. The highest BCUT2D eigenvalue weighted by Crippen LogP contribution is 2.38. The minimum atomic E-state index is -4.70. The van der Waals surface area contributed by atoms with Crippen molar-refractivity contribution >= 4 is 17.7 Å². The van der Waals surface area contributed by atoms with Crippen molar-refractivity contribution in [2.75, 3.05) is 0 Å². The summed E-state index contributed by atoms with van der Waals surface area (Å²) in [7, 11) is 0. The molecule has 2 aromatic rings. The Bertz CT molecular complexity index is 897. The maximum absolute atomic E-state index is 12.7. The summed E-state index contributed by atoms with van der Waals surface area (Å²) in [6, 6.07) is 11.4. The zero-order valence-electron chi connectivity index (χ0n) is 15.2. The second-order valence-electron chi connectivity index (χ2n) is 7.35. The number of hydrogen-bond acceptors (Lipinski definition) is 3. The Hall–Kier alpha value is -2.63. The van der Waals surface area contributed by atoms with Crippen LogP contribution in [0.4, 0.5) is 18.9 Å². The van der Waals surface area contributed by atoms with Gasteiger partial charge in [0.15, 0.2) is 5.78 Å². The Morgan fingerprint density at radius 3 is 2.39 bits per heavy atom. The van der Waals surface area contributed by atoms with Crippen molar-refractivity contribution in [1.29, 1.82) is 0 Å². The maximum atomic E-state index is 12.7. The van der Waals surface area contributed by atoms with Crippen molar-refractivity contribution in [2.24, 2.45) is 10.9 Å². The summed E-state index contributed by atoms with van der Waals surface area (Å²) >= 11 is 0. The van der Waals surface area contributed by atoms with Gasteiger partial charge in [-0.3, -0.25) is 9.79 Å². The van der Waals surface area contributed by atoms with Crippen LogP contribution in [0.25, 0.3) is 0 Å². The van der Waals surface area contributed by atoms with Crippen LogP contribution >= 0.6 is 0 Å². The highest BCUT2D eigenvalue weighted by atomic mass is 19.4. The molecule has 3 nitrogen and oxygen atoms in total. The molecule has 1 aliphatic carbocycles. The van der Waals surface area contributed by atoms with Crippen molar-refractivity contribution in [2.45, 2.75) is 44.4 Å². The second kappa shape index (κ2) is 7.41. The summed E-state index contributed by atoms with van der Waals surface area (Å²) < 4.78 is 40.8. The number of ether oxygens (including phenoxy) is 1. The van der Waals surface area contributed by atoms with Crippen molar-refractivity contribution < 1.29 is 22.7 Å². The average molecular weight is 387 g/mol. The van der Waals surface area contributed by atoms with Gasteiger partial charge in [0.05, 0.1) is 5.69 Å². The topological polar surface area (TPSA) is 38.7 Å². The fourth-order valence-electron chi connectivity index (χ4n) is 4.05. The molecule has 1 heterocycles. The third kappa shape index (κ3) is 3.96. The van der Waals surface area contributed by atoms with Gasteiger partial charge in [0.1, 0.15) is 5.75 Å². The van der Waals surface area contributed by atoms with Gasteiger partial charge in [-0.15, -0.1) is 13.2 Å². The Morgan fingerprint density at radius 1 is 1.00 bits per heavy atom. The minimum absolute atomic E-state index is 0.106. The molecule has 2 aliphatic rings. The number of fused-ring (bicyclic) bond motifs is 1. The van der Waals surface area contributed by atoms with Crippen LogP contribution in [0.1, 0.15) is 59.5 Å². The lowest BCUT2D eigenvalue weighted by molar-refractivity contribution is -0.274. The van der Waals surface area contributed by atoms with E-state index in [4.69, 9.17) is 0 Å². The predicted molar refractivity (Wildman–Crippen MR) is 100 cm³/mol. The fraction of sp³-hybridized carbons (Fsp3) is 0.364. The number of alkyl halides is 3. The quantitative estimate of drug-likeness (QED) is 0.586. The Morgan fingerprint density at radius 2 is 1.71 bits per heavy atom. The van der Waals surface area contributed by atoms with E-state index in [1.165, 1.54) is 18.6 Å². The number of halogens is 3. The normalized spacial score (nSPS) is 19.5. The van der Waals surface area contributed by atoms with E-state index in [1.54, 1.807) is 18.3 Å². The molecule has 1 fully saturated rings. The van der Waals surface area contributed by atoms with Gasteiger partial charge in [0, 0.05) is 23.6 Å². The second-order valence-corrected chi connectivity index (χ2v) is 7.35. The maximum Gasteiger partial charge on any atom is 0.573 e. The van der Waals surface area contributed by atoms with Crippen LogP contribution in [0.2, 0.25) is 0 Å². The summed E-state index contributed by atoms with van der Waals surface area (Å²) in [6.45, 7) is 0. The van der Waals surface area contributed by atoms with Gasteiger partial charge < -0.3 is 4.74 Å². The van der Waals surface area contributed by atoms with E-state index in [9.17, 15) is 18.0 Å². The van der Waals surface area contributed by atoms with E-state index in [1.807, 2.05) is 18.2 Å². The molecule has 146 valence electrons. The largest absolute Gasteiger partial charge is 0.573 e. The lowest BCUT2D eigenvalue weighted by Gasteiger charge is -2.20. The van der Waals surface area contributed by atoms with Gasteiger partial charge in [-0.25, -0.2) is 0 Å². The SMILES string of the molecule is O=C(c1ccc2c(c1)N=CC2c1ccc(OC(F)(F)F)cc1)C1CCCCC1. The molecule has 4 rings (SSSR count). The van der Waals surface area contributed by atoms with Gasteiger partial charge in [0.25, 0.3) is 0 Å². The molecule has 28 heavy (non-hydrogen) atoms. The summed E-state index contributed by atoms with van der Waals surface area (Å²) in [5, 5.41) is 0. The number of hydrogen-bond donors (Lipinski definition) is 0. The molecule has 0 aromatic heterocycles. The number of Topliss-reactive ketones (excluding diaryl/α,β-unsaturated/α-hetero) is 1. The fourth-order valence-corrected chi connectivity index (χ4v) is 4.05. The van der Waals surface area contributed by atoms with Crippen LogP contribution in [-0.4, -0.2) is 18.4 Å². The van der Waals surface area contributed by atoms with Gasteiger partial charge in [0.2, 0.25) is 0 Å². The highest BCUT2D eigenvalue weighted by Gasteiger charge is 2.31. The van der Waals surface area contributed by atoms with E-state index < -0.39 is 6.36 Å². The molecule has 1 aliphatic heterocycles. The van der Waals surface area contributed by atoms with Crippen molar-refractivity contribution in [3.63, 3.8) is 0 Å².